The molecule has 1 aromatic rings. The van der Waals surface area contributed by atoms with E-state index in [1.807, 2.05) is 6.92 Å². The Kier molecular flexibility index (Phi) is 2.54. The first-order valence-electron chi connectivity index (χ1n) is 3.43. The largest absolute Gasteiger partial charge is 0.395 e. The van der Waals surface area contributed by atoms with Crippen LogP contribution in [0.4, 0.5) is 11.5 Å². The van der Waals surface area contributed by atoms with Gasteiger partial charge >= 0.3 is 0 Å². The minimum absolute atomic E-state index is 0.593. The summed E-state index contributed by atoms with van der Waals surface area (Å²) >= 11 is 3.33. The lowest BCUT2D eigenvalue weighted by molar-refractivity contribution is 0.975. The molecule has 1 heterocycles. The standard InChI is InChI=1S/C7H11BrN4/c1-4-5(8)3-11-7(6(4)9)12(2)10/h3H,9-10H2,1-2H3. The molecule has 0 radical (unpaired) electrons. The van der Waals surface area contributed by atoms with E-state index >= 15 is 0 Å². The van der Waals surface area contributed by atoms with E-state index in [-0.39, 0.29) is 0 Å². The minimum atomic E-state index is 0.593. The molecule has 12 heavy (non-hydrogen) atoms. The normalized spacial score (nSPS) is 10.0. The number of anilines is 2. The van der Waals surface area contributed by atoms with E-state index in [1.165, 1.54) is 5.01 Å². The lowest BCUT2D eigenvalue weighted by Gasteiger charge is -2.15. The highest BCUT2D eigenvalue weighted by atomic mass is 79.9. The molecule has 0 saturated heterocycles. The molecule has 5 heteroatoms. The van der Waals surface area contributed by atoms with Crippen molar-refractivity contribution in [3.63, 3.8) is 0 Å². The van der Waals surface area contributed by atoms with Gasteiger partial charge in [-0.05, 0) is 28.4 Å². The Morgan fingerprint density at radius 2 is 2.17 bits per heavy atom. The maximum Gasteiger partial charge on any atom is 0.166 e. The van der Waals surface area contributed by atoms with Crippen LogP contribution in [0.1, 0.15) is 5.56 Å². The number of aromatic nitrogens is 1. The second-order valence-electron chi connectivity index (χ2n) is 2.58. The molecule has 0 spiro atoms. The Morgan fingerprint density at radius 1 is 1.58 bits per heavy atom. The summed E-state index contributed by atoms with van der Waals surface area (Å²) in [5, 5.41) is 1.40. The summed E-state index contributed by atoms with van der Waals surface area (Å²) < 4.78 is 0.894. The molecule has 1 aromatic heterocycles. The van der Waals surface area contributed by atoms with E-state index < -0.39 is 0 Å². The second kappa shape index (κ2) is 3.28. The molecule has 0 aliphatic heterocycles. The zero-order valence-corrected chi connectivity index (χ0v) is 8.59. The van der Waals surface area contributed by atoms with E-state index in [0.29, 0.717) is 11.5 Å². The Bertz CT molecular complexity index is 298. The molecule has 0 aromatic carbocycles. The maximum atomic E-state index is 5.77. The number of hydrazine groups is 1. The molecule has 0 saturated carbocycles. The van der Waals surface area contributed by atoms with Crippen LogP contribution in [0.25, 0.3) is 0 Å². The second-order valence-corrected chi connectivity index (χ2v) is 3.43. The van der Waals surface area contributed by atoms with E-state index in [2.05, 4.69) is 20.9 Å². The van der Waals surface area contributed by atoms with Crippen LogP contribution in [0.3, 0.4) is 0 Å². The predicted molar refractivity (Wildman–Crippen MR) is 53.7 cm³/mol. The van der Waals surface area contributed by atoms with Gasteiger partial charge in [-0.25, -0.2) is 10.8 Å². The summed E-state index contributed by atoms with van der Waals surface area (Å²) in [6, 6.07) is 0. The van der Waals surface area contributed by atoms with E-state index in [1.54, 1.807) is 13.2 Å². The summed E-state index contributed by atoms with van der Waals surface area (Å²) in [5.74, 6) is 6.10. The van der Waals surface area contributed by atoms with Crippen molar-refractivity contribution < 1.29 is 0 Å². The number of nitrogens with two attached hydrogens (primary N) is 2. The lowest BCUT2D eigenvalue weighted by Crippen LogP contribution is -2.27. The fourth-order valence-electron chi connectivity index (χ4n) is 0.862. The van der Waals surface area contributed by atoms with E-state index in [9.17, 15) is 0 Å². The SMILES string of the molecule is Cc1c(Br)cnc(N(C)N)c1N. The zero-order chi connectivity index (χ0) is 9.30. The van der Waals surface area contributed by atoms with Gasteiger partial charge in [0, 0.05) is 17.7 Å². The number of nitrogen functional groups attached to an aromatic ring is 1. The predicted octanol–water partition coefficient (Wildman–Crippen LogP) is 1.04. The van der Waals surface area contributed by atoms with Gasteiger partial charge in [0.15, 0.2) is 5.82 Å². The van der Waals surface area contributed by atoms with Crippen LogP contribution in [0.5, 0.6) is 0 Å². The van der Waals surface area contributed by atoms with Gasteiger partial charge in [-0.3, -0.25) is 5.01 Å². The van der Waals surface area contributed by atoms with Crippen molar-refractivity contribution in [2.24, 2.45) is 5.84 Å². The monoisotopic (exact) mass is 230 g/mol. The van der Waals surface area contributed by atoms with Crippen LogP contribution in [0.2, 0.25) is 0 Å². The van der Waals surface area contributed by atoms with Crippen molar-refractivity contribution in [2.75, 3.05) is 17.8 Å². The Labute approximate surface area is 79.7 Å². The number of hydrogen-bond donors (Lipinski definition) is 2. The molecule has 0 fully saturated rings. The molecule has 4 N–H and O–H groups in total. The molecule has 0 bridgehead atoms. The van der Waals surface area contributed by atoms with Crippen LogP contribution < -0.4 is 16.6 Å². The minimum Gasteiger partial charge on any atom is -0.395 e. The van der Waals surface area contributed by atoms with Crippen molar-refractivity contribution in [3.05, 3.63) is 16.2 Å². The highest BCUT2D eigenvalue weighted by Gasteiger charge is 2.08. The summed E-state index contributed by atoms with van der Waals surface area (Å²) in [6.07, 6.45) is 1.68. The van der Waals surface area contributed by atoms with Gasteiger partial charge in [0.05, 0.1) is 5.69 Å². The fourth-order valence-corrected chi connectivity index (χ4v) is 1.18. The lowest BCUT2D eigenvalue weighted by atomic mass is 10.2. The quantitative estimate of drug-likeness (QED) is 0.559. The average Bonchev–Trinajstić information content (AvgIpc) is 2.00. The van der Waals surface area contributed by atoms with Crippen LogP contribution in [0, 0.1) is 6.92 Å². The molecular formula is C7H11BrN4. The smallest absolute Gasteiger partial charge is 0.166 e. The summed E-state index contributed by atoms with van der Waals surface area (Å²) in [6.45, 7) is 1.91. The van der Waals surface area contributed by atoms with Gasteiger partial charge < -0.3 is 5.73 Å². The van der Waals surface area contributed by atoms with Crippen LogP contribution in [-0.4, -0.2) is 12.0 Å². The Balaban J connectivity index is 3.27. The molecule has 1 rings (SSSR count). The van der Waals surface area contributed by atoms with Crippen molar-refractivity contribution >= 4 is 27.4 Å². The van der Waals surface area contributed by atoms with Crippen molar-refractivity contribution in [2.45, 2.75) is 6.92 Å². The summed E-state index contributed by atoms with van der Waals surface area (Å²) in [4.78, 5) is 4.07. The van der Waals surface area contributed by atoms with Crippen LogP contribution in [-0.2, 0) is 0 Å². The molecule has 4 nitrogen and oxygen atoms in total. The molecular weight excluding hydrogens is 220 g/mol. The van der Waals surface area contributed by atoms with Gasteiger partial charge in [-0.15, -0.1) is 0 Å². The number of rotatable bonds is 1. The Hall–Kier alpha value is -0.810. The van der Waals surface area contributed by atoms with Crippen LogP contribution >= 0.6 is 15.9 Å². The number of hydrogen-bond acceptors (Lipinski definition) is 4. The molecule has 0 atom stereocenters. The van der Waals surface area contributed by atoms with Gasteiger partial charge in [0.25, 0.3) is 0 Å². The molecule has 0 amide bonds. The molecule has 0 unspecified atom stereocenters. The third kappa shape index (κ3) is 1.51. The summed E-state index contributed by atoms with van der Waals surface area (Å²) in [7, 11) is 1.70. The van der Waals surface area contributed by atoms with E-state index in [0.717, 1.165) is 10.0 Å². The van der Waals surface area contributed by atoms with Crippen LogP contribution in [0.15, 0.2) is 10.7 Å². The van der Waals surface area contributed by atoms with Gasteiger partial charge in [-0.2, -0.15) is 0 Å². The Morgan fingerprint density at radius 3 is 2.67 bits per heavy atom. The highest BCUT2D eigenvalue weighted by Crippen LogP contribution is 2.26. The number of pyridine rings is 1. The first-order chi connectivity index (χ1) is 5.54. The topological polar surface area (TPSA) is 68.2 Å². The first kappa shape index (κ1) is 9.28. The maximum absolute atomic E-state index is 5.77. The molecule has 0 aliphatic rings. The van der Waals surface area contributed by atoms with Crippen molar-refractivity contribution in [1.82, 2.24) is 4.98 Å². The third-order valence-corrected chi connectivity index (χ3v) is 2.44. The van der Waals surface area contributed by atoms with Crippen molar-refractivity contribution in [1.29, 1.82) is 0 Å². The number of halogens is 1. The van der Waals surface area contributed by atoms with Gasteiger partial charge in [-0.1, -0.05) is 0 Å². The zero-order valence-electron chi connectivity index (χ0n) is 7.00. The first-order valence-corrected chi connectivity index (χ1v) is 4.22. The average molecular weight is 231 g/mol. The van der Waals surface area contributed by atoms with Gasteiger partial charge in [0.2, 0.25) is 0 Å². The molecule has 0 aliphatic carbocycles. The van der Waals surface area contributed by atoms with Gasteiger partial charge in [0.1, 0.15) is 0 Å². The number of nitrogens with zero attached hydrogens (tertiary/aromatic N) is 2. The third-order valence-electron chi connectivity index (χ3n) is 1.64. The van der Waals surface area contributed by atoms with E-state index in [4.69, 9.17) is 11.6 Å². The fraction of sp³-hybridized carbons (Fsp3) is 0.286. The summed E-state index contributed by atoms with van der Waals surface area (Å²) in [5.41, 5.74) is 7.33. The molecule has 66 valence electrons. The highest BCUT2D eigenvalue weighted by molar-refractivity contribution is 9.10. The van der Waals surface area contributed by atoms with Crippen molar-refractivity contribution in [3.8, 4) is 0 Å².